The Morgan fingerprint density at radius 1 is 1.10 bits per heavy atom. The lowest BCUT2D eigenvalue weighted by Gasteiger charge is -2.10. The second-order valence-corrected chi connectivity index (χ2v) is 7.00. The van der Waals surface area contributed by atoms with Crippen LogP contribution in [-0.4, -0.2) is 12.5 Å². The maximum atomic E-state index is 12.3. The van der Waals surface area contributed by atoms with Gasteiger partial charge in [0.1, 0.15) is 17.2 Å². The summed E-state index contributed by atoms with van der Waals surface area (Å²) >= 11 is 0. The highest BCUT2D eigenvalue weighted by Crippen LogP contribution is 2.27. The first kappa shape index (κ1) is 19.3. The molecule has 0 unspecified atom stereocenters. The molecule has 1 N–H and O–H groups in total. The van der Waals surface area contributed by atoms with Gasteiger partial charge < -0.3 is 14.8 Å². The maximum absolute atomic E-state index is 12.3. The second kappa shape index (κ2) is 8.54. The number of hydrogen-bond acceptors (Lipinski definition) is 4. The van der Waals surface area contributed by atoms with E-state index in [4.69, 9.17) is 14.7 Å². The summed E-state index contributed by atoms with van der Waals surface area (Å²) in [5.41, 5.74) is 4.33. The van der Waals surface area contributed by atoms with Crippen molar-refractivity contribution in [3.05, 3.63) is 89.0 Å². The number of amides is 1. The molecule has 0 fully saturated rings. The van der Waals surface area contributed by atoms with Crippen molar-refractivity contribution in [1.82, 2.24) is 0 Å². The molecule has 0 atom stereocenters. The minimum Gasteiger partial charge on any atom is -0.493 e. The molecule has 5 nitrogen and oxygen atoms in total. The number of nitriles is 1. The van der Waals surface area contributed by atoms with Gasteiger partial charge in [0.15, 0.2) is 0 Å². The van der Waals surface area contributed by atoms with Crippen LogP contribution in [0.25, 0.3) is 6.08 Å². The van der Waals surface area contributed by atoms with E-state index in [1.165, 1.54) is 11.6 Å². The van der Waals surface area contributed by atoms with Crippen molar-refractivity contribution >= 4 is 17.7 Å². The van der Waals surface area contributed by atoms with E-state index in [2.05, 4.69) is 11.4 Å². The average molecular weight is 396 g/mol. The quantitative estimate of drug-likeness (QED) is 0.598. The van der Waals surface area contributed by atoms with Gasteiger partial charge in [-0.2, -0.15) is 5.26 Å². The van der Waals surface area contributed by atoms with Gasteiger partial charge >= 0.3 is 0 Å². The van der Waals surface area contributed by atoms with Crippen LogP contribution in [0.3, 0.4) is 0 Å². The number of fused-ring (bicyclic) bond motifs is 1. The van der Waals surface area contributed by atoms with Crippen LogP contribution >= 0.6 is 0 Å². The number of rotatable bonds is 5. The third-order valence-corrected chi connectivity index (χ3v) is 4.82. The van der Waals surface area contributed by atoms with Crippen molar-refractivity contribution in [2.24, 2.45) is 0 Å². The molecule has 5 heteroatoms. The number of nitrogens with zero attached hydrogens (tertiary/aromatic N) is 1. The number of nitrogens with one attached hydrogen (secondary N) is 1. The molecule has 3 aromatic rings. The van der Waals surface area contributed by atoms with E-state index in [0.717, 1.165) is 29.0 Å². The summed E-state index contributed by atoms with van der Waals surface area (Å²) < 4.78 is 11.3. The maximum Gasteiger partial charge on any atom is 0.248 e. The minimum atomic E-state index is -0.199. The summed E-state index contributed by atoms with van der Waals surface area (Å²) in [7, 11) is 0. The van der Waals surface area contributed by atoms with Crippen molar-refractivity contribution in [2.45, 2.75) is 13.3 Å². The molecule has 4 rings (SSSR count). The first-order chi connectivity index (χ1) is 14.6. The monoisotopic (exact) mass is 396 g/mol. The van der Waals surface area contributed by atoms with E-state index in [1.807, 2.05) is 37.3 Å². The number of ether oxygens (including phenoxy) is 2. The van der Waals surface area contributed by atoms with E-state index >= 15 is 0 Å². The summed E-state index contributed by atoms with van der Waals surface area (Å²) in [5, 5.41) is 11.8. The molecule has 0 spiro atoms. The molecule has 0 radical (unpaired) electrons. The van der Waals surface area contributed by atoms with Gasteiger partial charge in [0, 0.05) is 18.2 Å². The number of carbonyl (C=O) groups excluding carboxylic acids is 1. The van der Waals surface area contributed by atoms with Crippen molar-refractivity contribution < 1.29 is 14.3 Å². The molecule has 0 aromatic heterocycles. The number of hydrogen-bond donors (Lipinski definition) is 1. The Bertz CT molecular complexity index is 1160. The van der Waals surface area contributed by atoms with E-state index in [9.17, 15) is 4.79 Å². The third-order valence-electron chi connectivity index (χ3n) is 4.82. The average Bonchev–Trinajstić information content (AvgIpc) is 3.23. The van der Waals surface area contributed by atoms with Crippen LogP contribution in [0.15, 0.2) is 66.7 Å². The van der Waals surface area contributed by atoms with Gasteiger partial charge in [-0.1, -0.05) is 6.07 Å². The zero-order chi connectivity index (χ0) is 20.9. The molecule has 1 amide bonds. The summed E-state index contributed by atoms with van der Waals surface area (Å²) in [5.74, 6) is 2.03. The molecule has 0 saturated carbocycles. The molecule has 0 aliphatic carbocycles. The predicted octanol–water partition coefficient (Wildman–Crippen LogP) is 5.25. The molecule has 0 bridgehead atoms. The van der Waals surface area contributed by atoms with Gasteiger partial charge in [0.2, 0.25) is 5.91 Å². The lowest BCUT2D eigenvalue weighted by atomic mass is 10.1. The molecule has 1 heterocycles. The smallest absolute Gasteiger partial charge is 0.248 e. The molecule has 0 saturated heterocycles. The van der Waals surface area contributed by atoms with Crippen LogP contribution in [0.2, 0.25) is 0 Å². The summed E-state index contributed by atoms with van der Waals surface area (Å²) in [6, 6.07) is 20.4. The minimum absolute atomic E-state index is 0.199. The van der Waals surface area contributed by atoms with Crippen LogP contribution in [0.5, 0.6) is 17.2 Å². The number of carbonyl (C=O) groups is 1. The van der Waals surface area contributed by atoms with Crippen molar-refractivity contribution in [1.29, 1.82) is 5.26 Å². The Kier molecular flexibility index (Phi) is 5.49. The Morgan fingerprint density at radius 3 is 2.67 bits per heavy atom. The van der Waals surface area contributed by atoms with E-state index in [-0.39, 0.29) is 5.91 Å². The highest BCUT2D eigenvalue weighted by Gasteiger charge is 2.11. The second-order valence-electron chi connectivity index (χ2n) is 7.00. The first-order valence-electron chi connectivity index (χ1n) is 9.64. The Hall–Kier alpha value is -4.04. The fourth-order valence-corrected chi connectivity index (χ4v) is 3.23. The summed E-state index contributed by atoms with van der Waals surface area (Å²) in [6.45, 7) is 2.62. The van der Waals surface area contributed by atoms with Crippen molar-refractivity contribution in [3.8, 4) is 23.3 Å². The summed E-state index contributed by atoms with van der Waals surface area (Å²) in [4.78, 5) is 12.3. The number of aryl methyl sites for hydroxylation is 1. The largest absolute Gasteiger partial charge is 0.493 e. The Morgan fingerprint density at radius 2 is 1.90 bits per heavy atom. The lowest BCUT2D eigenvalue weighted by molar-refractivity contribution is -0.111. The SMILES string of the molecule is Cc1cc(Oc2ccc(C#N)cc2)ccc1NC(=O)/C=C/c1ccc2c(c1)CCO2. The fraction of sp³-hybridized carbons (Fsp3) is 0.120. The third kappa shape index (κ3) is 4.50. The van der Waals surface area contributed by atoms with E-state index in [1.54, 1.807) is 36.4 Å². The van der Waals surface area contributed by atoms with Gasteiger partial charge in [0.25, 0.3) is 0 Å². The van der Waals surface area contributed by atoms with E-state index in [0.29, 0.717) is 23.7 Å². The van der Waals surface area contributed by atoms with Crippen molar-refractivity contribution in [3.63, 3.8) is 0 Å². The van der Waals surface area contributed by atoms with Gasteiger partial charge in [-0.05, 0) is 84.3 Å². The zero-order valence-corrected chi connectivity index (χ0v) is 16.5. The standard InChI is InChI=1S/C25H20N2O3/c1-17-14-22(30-21-6-2-19(16-26)3-7-21)8-9-23(17)27-25(28)11-5-18-4-10-24-20(15-18)12-13-29-24/h2-11,14-15H,12-13H2,1H3,(H,27,28)/b11-5+. The highest BCUT2D eigenvalue weighted by atomic mass is 16.5. The van der Waals surface area contributed by atoms with Gasteiger partial charge in [-0.25, -0.2) is 0 Å². The normalized spacial score (nSPS) is 12.1. The van der Waals surface area contributed by atoms with Gasteiger partial charge in [-0.3, -0.25) is 4.79 Å². The molecular formula is C25H20N2O3. The van der Waals surface area contributed by atoms with Crippen LogP contribution in [-0.2, 0) is 11.2 Å². The van der Waals surface area contributed by atoms with Gasteiger partial charge in [-0.15, -0.1) is 0 Å². The molecular weight excluding hydrogens is 376 g/mol. The lowest BCUT2D eigenvalue weighted by Crippen LogP contribution is -2.08. The van der Waals surface area contributed by atoms with E-state index < -0.39 is 0 Å². The molecule has 1 aliphatic rings. The zero-order valence-electron chi connectivity index (χ0n) is 16.5. The first-order valence-corrected chi connectivity index (χ1v) is 9.64. The number of anilines is 1. The predicted molar refractivity (Wildman–Crippen MR) is 116 cm³/mol. The molecule has 1 aliphatic heterocycles. The van der Waals surface area contributed by atoms with Crippen LogP contribution in [0.1, 0.15) is 22.3 Å². The van der Waals surface area contributed by atoms with Crippen molar-refractivity contribution in [2.75, 3.05) is 11.9 Å². The topological polar surface area (TPSA) is 71.3 Å². The Balaban J connectivity index is 1.39. The van der Waals surface area contributed by atoms with Gasteiger partial charge in [0.05, 0.1) is 18.2 Å². The fourth-order valence-electron chi connectivity index (χ4n) is 3.23. The van der Waals surface area contributed by atoms with Crippen LogP contribution < -0.4 is 14.8 Å². The molecule has 3 aromatic carbocycles. The molecule has 148 valence electrons. The Labute approximate surface area is 175 Å². The van der Waals surface area contributed by atoms with Crippen LogP contribution in [0, 0.1) is 18.3 Å². The molecule has 30 heavy (non-hydrogen) atoms. The van der Waals surface area contributed by atoms with Crippen LogP contribution in [0.4, 0.5) is 5.69 Å². The highest BCUT2D eigenvalue weighted by molar-refractivity contribution is 6.02. The number of benzene rings is 3. The summed E-state index contributed by atoms with van der Waals surface area (Å²) in [6.07, 6.45) is 4.23.